The van der Waals surface area contributed by atoms with E-state index in [1.807, 2.05) is 12.1 Å². The van der Waals surface area contributed by atoms with Crippen molar-refractivity contribution in [2.24, 2.45) is 0 Å². The van der Waals surface area contributed by atoms with E-state index >= 15 is 0 Å². The smallest absolute Gasteiger partial charge is 0.109 e. The highest BCUT2D eigenvalue weighted by molar-refractivity contribution is 5.41. The Balaban J connectivity index is 2.07. The van der Waals surface area contributed by atoms with Crippen LogP contribution in [-0.2, 0) is 11.2 Å². The maximum atomic E-state index is 8.80. The van der Waals surface area contributed by atoms with Crippen molar-refractivity contribution in [3.8, 4) is 6.07 Å². The van der Waals surface area contributed by atoms with Crippen LogP contribution in [0.1, 0.15) is 35.6 Å². The van der Waals surface area contributed by atoms with E-state index in [2.05, 4.69) is 12.1 Å². The van der Waals surface area contributed by atoms with Crippen LogP contribution in [0.5, 0.6) is 0 Å². The van der Waals surface area contributed by atoms with Crippen LogP contribution in [0.25, 0.3) is 0 Å². The molecule has 1 aliphatic heterocycles. The van der Waals surface area contributed by atoms with Gasteiger partial charge in [-0.3, -0.25) is 0 Å². The van der Waals surface area contributed by atoms with Crippen LogP contribution in [-0.4, -0.2) is 6.10 Å². The fraction of sp³-hybridized carbons (Fsp3) is 0.417. The predicted molar refractivity (Wildman–Crippen MR) is 51.7 cm³/mol. The fourth-order valence-electron chi connectivity index (χ4n) is 2.30. The summed E-state index contributed by atoms with van der Waals surface area (Å²) in [5.41, 5.74) is 3.39. The Kier molecular flexibility index (Phi) is 1.62. The third-order valence-electron chi connectivity index (χ3n) is 3.10. The molecular formula is C12H11NO. The second kappa shape index (κ2) is 2.83. The zero-order chi connectivity index (χ0) is 9.54. The number of fused-ring (bicyclic) bond motifs is 3. The quantitative estimate of drug-likeness (QED) is 0.581. The van der Waals surface area contributed by atoms with E-state index in [0.29, 0.717) is 12.2 Å². The van der Waals surface area contributed by atoms with Gasteiger partial charge >= 0.3 is 0 Å². The maximum Gasteiger partial charge on any atom is 0.109 e. The lowest BCUT2D eigenvalue weighted by Gasteiger charge is -2.05. The molecule has 1 fully saturated rings. The van der Waals surface area contributed by atoms with Crippen LogP contribution in [0.4, 0.5) is 0 Å². The van der Waals surface area contributed by atoms with Crippen LogP contribution in [0.15, 0.2) is 18.2 Å². The molecule has 1 heterocycles. The molecule has 2 aliphatic rings. The van der Waals surface area contributed by atoms with Crippen molar-refractivity contribution in [2.45, 2.75) is 31.5 Å². The van der Waals surface area contributed by atoms with E-state index in [9.17, 15) is 0 Å². The number of hydrogen-bond donors (Lipinski definition) is 0. The molecule has 2 heteroatoms. The molecule has 0 amide bonds. The van der Waals surface area contributed by atoms with Crippen molar-refractivity contribution in [2.75, 3.05) is 0 Å². The largest absolute Gasteiger partial charge is 0.364 e. The molecular weight excluding hydrogens is 174 g/mol. The molecule has 0 unspecified atom stereocenters. The Bertz CT molecular complexity index is 419. The number of ether oxygens (including phenoxy) is 1. The number of hydrogen-bond acceptors (Lipinski definition) is 2. The number of nitriles is 1. The normalized spacial score (nSPS) is 28.2. The summed E-state index contributed by atoms with van der Waals surface area (Å²) in [7, 11) is 0. The number of aryl methyl sites for hydroxylation is 1. The van der Waals surface area contributed by atoms with Crippen LogP contribution < -0.4 is 0 Å². The van der Waals surface area contributed by atoms with Gasteiger partial charge in [-0.15, -0.1) is 0 Å². The Labute approximate surface area is 83.1 Å². The Morgan fingerprint density at radius 3 is 3.21 bits per heavy atom. The molecule has 0 bridgehead atoms. The van der Waals surface area contributed by atoms with Gasteiger partial charge in [0.2, 0.25) is 0 Å². The van der Waals surface area contributed by atoms with E-state index < -0.39 is 0 Å². The van der Waals surface area contributed by atoms with Crippen LogP contribution >= 0.6 is 0 Å². The Morgan fingerprint density at radius 1 is 1.43 bits per heavy atom. The molecule has 0 spiro atoms. The lowest BCUT2D eigenvalue weighted by atomic mass is 10.0. The molecule has 14 heavy (non-hydrogen) atoms. The molecule has 0 aromatic heterocycles. The standard InChI is InChI=1S/C12H11NO/c13-7-8-4-5-10-9(6-8)2-1-3-11-12(10)14-11/h4-6,11-12H,1-3H2/t11-,12-/m0/s1. The van der Waals surface area contributed by atoms with Crippen molar-refractivity contribution >= 4 is 0 Å². The Morgan fingerprint density at radius 2 is 2.36 bits per heavy atom. The first kappa shape index (κ1) is 8.02. The summed E-state index contributed by atoms with van der Waals surface area (Å²) in [6.07, 6.45) is 4.25. The third-order valence-corrected chi connectivity index (χ3v) is 3.10. The van der Waals surface area contributed by atoms with Crippen LogP contribution in [0.2, 0.25) is 0 Å². The zero-order valence-electron chi connectivity index (χ0n) is 7.86. The minimum Gasteiger partial charge on any atom is -0.364 e. The van der Waals surface area contributed by atoms with Crippen molar-refractivity contribution in [1.82, 2.24) is 0 Å². The SMILES string of the molecule is N#Cc1ccc2c(c1)CCC[C@@H]1O[C@@H]21. The first-order valence-electron chi connectivity index (χ1n) is 5.07. The molecule has 1 aromatic rings. The van der Waals surface area contributed by atoms with Gasteiger partial charge in [0, 0.05) is 0 Å². The molecule has 0 saturated carbocycles. The van der Waals surface area contributed by atoms with E-state index in [4.69, 9.17) is 10.00 Å². The summed E-state index contributed by atoms with van der Waals surface area (Å²) in [6, 6.07) is 8.15. The number of rotatable bonds is 0. The van der Waals surface area contributed by atoms with Crippen molar-refractivity contribution in [3.05, 3.63) is 34.9 Å². The highest BCUT2D eigenvalue weighted by Gasteiger charge is 2.42. The van der Waals surface area contributed by atoms with Gasteiger partial charge in [-0.25, -0.2) is 0 Å². The van der Waals surface area contributed by atoms with Crippen molar-refractivity contribution < 1.29 is 4.74 Å². The maximum absolute atomic E-state index is 8.80. The molecule has 0 radical (unpaired) electrons. The number of nitrogens with zero attached hydrogens (tertiary/aromatic N) is 1. The molecule has 70 valence electrons. The summed E-state index contributed by atoms with van der Waals surface area (Å²) >= 11 is 0. The molecule has 0 N–H and O–H groups in total. The van der Waals surface area contributed by atoms with Gasteiger partial charge in [0.1, 0.15) is 6.10 Å². The molecule has 3 rings (SSSR count). The number of benzene rings is 1. The molecule has 1 aromatic carbocycles. The second-order valence-electron chi connectivity index (χ2n) is 4.01. The first-order valence-corrected chi connectivity index (χ1v) is 5.07. The summed E-state index contributed by atoms with van der Waals surface area (Å²) in [6.45, 7) is 0. The monoisotopic (exact) mass is 185 g/mol. The highest BCUT2D eigenvalue weighted by atomic mass is 16.6. The summed E-state index contributed by atoms with van der Waals surface area (Å²) in [5, 5.41) is 8.80. The lowest BCUT2D eigenvalue weighted by Crippen LogP contribution is -1.92. The van der Waals surface area contributed by atoms with Crippen LogP contribution in [0.3, 0.4) is 0 Å². The molecule has 2 nitrogen and oxygen atoms in total. The van der Waals surface area contributed by atoms with E-state index in [1.165, 1.54) is 24.0 Å². The second-order valence-corrected chi connectivity index (χ2v) is 4.01. The third kappa shape index (κ3) is 1.13. The van der Waals surface area contributed by atoms with Crippen molar-refractivity contribution in [3.63, 3.8) is 0 Å². The van der Waals surface area contributed by atoms with Gasteiger partial charge in [-0.05, 0) is 42.5 Å². The fourth-order valence-corrected chi connectivity index (χ4v) is 2.30. The van der Waals surface area contributed by atoms with Gasteiger partial charge in [0.25, 0.3) is 0 Å². The van der Waals surface area contributed by atoms with E-state index in [-0.39, 0.29) is 0 Å². The molecule has 1 aliphatic carbocycles. The van der Waals surface area contributed by atoms with Gasteiger partial charge in [-0.1, -0.05) is 6.07 Å². The minimum absolute atomic E-state index is 0.334. The van der Waals surface area contributed by atoms with Gasteiger partial charge < -0.3 is 4.74 Å². The Hall–Kier alpha value is -1.33. The molecule has 1 saturated heterocycles. The summed E-state index contributed by atoms with van der Waals surface area (Å²) < 4.78 is 5.57. The van der Waals surface area contributed by atoms with Gasteiger partial charge in [0.15, 0.2) is 0 Å². The van der Waals surface area contributed by atoms with E-state index in [0.717, 1.165) is 12.0 Å². The van der Waals surface area contributed by atoms with Gasteiger partial charge in [0.05, 0.1) is 17.7 Å². The predicted octanol–water partition coefficient (Wildman–Crippen LogP) is 2.33. The molecule has 2 atom stereocenters. The topological polar surface area (TPSA) is 36.3 Å². The first-order chi connectivity index (χ1) is 6.88. The van der Waals surface area contributed by atoms with Gasteiger partial charge in [-0.2, -0.15) is 5.26 Å². The zero-order valence-corrected chi connectivity index (χ0v) is 7.86. The van der Waals surface area contributed by atoms with E-state index in [1.54, 1.807) is 0 Å². The summed E-state index contributed by atoms with van der Waals surface area (Å²) in [5.74, 6) is 0. The highest BCUT2D eigenvalue weighted by Crippen LogP contribution is 2.45. The van der Waals surface area contributed by atoms with Crippen LogP contribution in [0, 0.1) is 11.3 Å². The number of epoxide rings is 1. The van der Waals surface area contributed by atoms with Crippen molar-refractivity contribution in [1.29, 1.82) is 5.26 Å². The lowest BCUT2D eigenvalue weighted by molar-refractivity contribution is 0.357. The summed E-state index contributed by atoms with van der Waals surface area (Å²) in [4.78, 5) is 0. The average Bonchev–Trinajstić information content (AvgIpc) is 2.96. The minimum atomic E-state index is 0.334. The average molecular weight is 185 g/mol.